The van der Waals surface area contributed by atoms with Crippen molar-refractivity contribution in [2.75, 3.05) is 13.1 Å². The second kappa shape index (κ2) is 7.01. The highest BCUT2D eigenvalue weighted by Crippen LogP contribution is 2.60. The summed E-state index contributed by atoms with van der Waals surface area (Å²) < 4.78 is 3.39. The number of carbonyl (C=O) groups is 1. The fraction of sp³-hybridized carbons (Fsp3) is 0.577. The average molecular weight is 434 g/mol. The molecule has 4 bridgehead atoms. The standard InChI is InChI=1S/C26H33N4O2/c1-4-30(5-2,16(3)31)29-22-8-6-7-21(24(22)25-27-9-10-28(25)26(29)32)23-19-12-17-11-18(14-19)15-20(23)13-17/h6-10,17-20,23H,4-5,11-15H2,1-3H3/q+1. The Morgan fingerprint density at radius 3 is 2.31 bits per heavy atom. The number of fused-ring (bicyclic) bond motifs is 3. The third-order valence-corrected chi connectivity index (χ3v) is 9.16. The lowest BCUT2D eigenvalue weighted by Gasteiger charge is -2.54. The first-order chi connectivity index (χ1) is 15.5. The molecular formula is C26H33N4O2+. The van der Waals surface area contributed by atoms with Crippen molar-refractivity contribution < 1.29 is 4.79 Å². The molecule has 4 fully saturated rings. The topological polar surface area (TPSA) is 56.4 Å². The highest BCUT2D eigenvalue weighted by atomic mass is 16.2. The number of imidazole rings is 1. The number of amides is 1. The van der Waals surface area contributed by atoms with Crippen LogP contribution in [0.1, 0.15) is 64.4 Å². The molecule has 7 rings (SSSR count). The normalized spacial score (nSPS) is 29.3. The van der Waals surface area contributed by atoms with Crippen molar-refractivity contribution in [3.63, 3.8) is 0 Å². The van der Waals surface area contributed by atoms with Crippen LogP contribution in [0.4, 0.5) is 0 Å². The van der Waals surface area contributed by atoms with Crippen LogP contribution in [0.3, 0.4) is 0 Å². The molecule has 0 N–H and O–H groups in total. The molecule has 32 heavy (non-hydrogen) atoms. The van der Waals surface area contributed by atoms with E-state index in [1.54, 1.807) is 28.4 Å². The Kier molecular flexibility index (Phi) is 4.42. The Labute approximate surface area is 188 Å². The summed E-state index contributed by atoms with van der Waals surface area (Å²) in [5.74, 6) is 3.80. The van der Waals surface area contributed by atoms with Crippen LogP contribution in [0.15, 0.2) is 35.4 Å². The van der Waals surface area contributed by atoms with Gasteiger partial charge in [0.05, 0.1) is 12.3 Å². The van der Waals surface area contributed by atoms with Gasteiger partial charge in [-0.1, -0.05) is 12.1 Å². The lowest BCUT2D eigenvalue weighted by molar-refractivity contribution is -0.134. The van der Waals surface area contributed by atoms with E-state index in [1.165, 1.54) is 37.7 Å². The zero-order valence-corrected chi connectivity index (χ0v) is 19.3. The maximum Gasteiger partial charge on any atom is 0.379 e. The molecule has 0 saturated heterocycles. The molecule has 4 aliphatic rings. The minimum Gasteiger partial charge on any atom is -0.247 e. The Balaban J connectivity index is 1.68. The van der Waals surface area contributed by atoms with E-state index < -0.39 is 0 Å². The van der Waals surface area contributed by atoms with Gasteiger partial charge in [0.25, 0.3) is 0 Å². The zero-order chi connectivity index (χ0) is 22.2. The Hall–Kier alpha value is -2.47. The van der Waals surface area contributed by atoms with E-state index in [2.05, 4.69) is 17.1 Å². The Morgan fingerprint density at radius 1 is 1.06 bits per heavy atom. The second-order valence-corrected chi connectivity index (χ2v) is 10.5. The molecule has 0 aliphatic heterocycles. The smallest absolute Gasteiger partial charge is 0.247 e. The molecule has 3 aromatic rings. The predicted molar refractivity (Wildman–Crippen MR) is 126 cm³/mol. The van der Waals surface area contributed by atoms with E-state index in [0.29, 0.717) is 19.0 Å². The van der Waals surface area contributed by atoms with Crippen LogP contribution >= 0.6 is 0 Å². The lowest BCUT2D eigenvalue weighted by Crippen LogP contribution is -2.65. The summed E-state index contributed by atoms with van der Waals surface area (Å²) >= 11 is 0. The highest BCUT2D eigenvalue weighted by Gasteiger charge is 2.49. The van der Waals surface area contributed by atoms with Crippen LogP contribution in [0.2, 0.25) is 0 Å². The van der Waals surface area contributed by atoms with Gasteiger partial charge in [-0.05, 0) is 87.2 Å². The van der Waals surface area contributed by atoms with Crippen LogP contribution in [-0.2, 0) is 4.79 Å². The van der Waals surface area contributed by atoms with Gasteiger partial charge in [0.15, 0.2) is 5.65 Å². The molecule has 1 amide bonds. The van der Waals surface area contributed by atoms with Gasteiger partial charge in [0, 0.05) is 12.4 Å². The molecular weight excluding hydrogens is 400 g/mol. The third-order valence-electron chi connectivity index (χ3n) is 9.16. The fourth-order valence-electron chi connectivity index (χ4n) is 8.00. The van der Waals surface area contributed by atoms with Crippen molar-refractivity contribution in [2.45, 2.75) is 58.8 Å². The van der Waals surface area contributed by atoms with Gasteiger partial charge in [-0.15, -0.1) is 4.68 Å². The molecule has 0 unspecified atom stereocenters. The summed E-state index contributed by atoms with van der Waals surface area (Å²) in [6.45, 7) is 6.64. The van der Waals surface area contributed by atoms with E-state index in [9.17, 15) is 9.59 Å². The molecule has 4 aliphatic carbocycles. The Morgan fingerprint density at radius 2 is 1.72 bits per heavy atom. The fourth-order valence-corrected chi connectivity index (χ4v) is 8.00. The summed E-state index contributed by atoms with van der Waals surface area (Å²) in [5.41, 5.74) is 2.74. The van der Waals surface area contributed by atoms with E-state index in [4.69, 9.17) is 0 Å². The number of rotatable bonds is 4. The number of carbonyl (C=O) groups excluding carboxylic acids is 1. The van der Waals surface area contributed by atoms with Gasteiger partial charge in [-0.2, -0.15) is 4.59 Å². The molecule has 1 aromatic carbocycles. The number of nitrogens with zero attached hydrogens (tertiary/aromatic N) is 4. The molecule has 0 radical (unpaired) electrons. The van der Waals surface area contributed by atoms with Gasteiger partial charge in [-0.3, -0.25) is 0 Å². The van der Waals surface area contributed by atoms with Crippen LogP contribution in [0.5, 0.6) is 0 Å². The number of hydrogen-bond acceptors (Lipinski definition) is 3. The monoisotopic (exact) mass is 433 g/mol. The van der Waals surface area contributed by atoms with Gasteiger partial charge in [-0.25, -0.2) is 19.0 Å². The summed E-state index contributed by atoms with van der Waals surface area (Å²) in [5, 5.41) is 1.07. The minimum absolute atomic E-state index is 0.00538. The molecule has 4 saturated carbocycles. The molecule has 0 atom stereocenters. The maximum absolute atomic E-state index is 13.7. The molecule has 6 nitrogen and oxygen atoms in total. The van der Waals surface area contributed by atoms with Gasteiger partial charge in [0.1, 0.15) is 18.6 Å². The number of quaternary nitrogens is 1. The first kappa shape index (κ1) is 20.2. The quantitative estimate of drug-likeness (QED) is 0.579. The van der Waals surface area contributed by atoms with Gasteiger partial charge < -0.3 is 0 Å². The predicted octanol–water partition coefficient (Wildman–Crippen LogP) is 4.21. The van der Waals surface area contributed by atoms with Crippen molar-refractivity contribution in [2.24, 2.45) is 23.7 Å². The number of hydrogen-bond donors (Lipinski definition) is 0. The third kappa shape index (κ3) is 2.53. The zero-order valence-electron chi connectivity index (χ0n) is 19.3. The van der Waals surface area contributed by atoms with Gasteiger partial charge in [0.2, 0.25) is 0 Å². The van der Waals surface area contributed by atoms with Gasteiger partial charge >= 0.3 is 11.6 Å². The highest BCUT2D eigenvalue weighted by molar-refractivity contribution is 5.96. The van der Waals surface area contributed by atoms with Crippen molar-refractivity contribution >= 4 is 22.5 Å². The van der Waals surface area contributed by atoms with Crippen LogP contribution < -0.4 is 10.3 Å². The van der Waals surface area contributed by atoms with E-state index in [-0.39, 0.29) is 16.2 Å². The summed E-state index contributed by atoms with van der Waals surface area (Å²) in [6, 6.07) is 6.39. The molecule has 6 heteroatoms. The summed E-state index contributed by atoms with van der Waals surface area (Å²) in [4.78, 5) is 31.4. The summed E-state index contributed by atoms with van der Waals surface area (Å²) in [6.07, 6.45) is 10.3. The maximum atomic E-state index is 13.7. The molecule has 2 heterocycles. The summed E-state index contributed by atoms with van der Waals surface area (Å²) in [7, 11) is 0. The first-order valence-corrected chi connectivity index (χ1v) is 12.4. The molecule has 2 aromatic heterocycles. The van der Waals surface area contributed by atoms with Crippen molar-refractivity contribution in [3.05, 3.63) is 46.6 Å². The molecule has 168 valence electrons. The molecule has 0 spiro atoms. The van der Waals surface area contributed by atoms with Crippen molar-refractivity contribution in [1.82, 2.24) is 18.7 Å². The average Bonchev–Trinajstić information content (AvgIpc) is 3.26. The van der Waals surface area contributed by atoms with Crippen molar-refractivity contribution in [3.8, 4) is 0 Å². The van der Waals surface area contributed by atoms with Crippen molar-refractivity contribution in [1.29, 1.82) is 0 Å². The van der Waals surface area contributed by atoms with Crippen LogP contribution in [-0.4, -0.2) is 33.1 Å². The van der Waals surface area contributed by atoms with Crippen LogP contribution in [0.25, 0.3) is 16.6 Å². The number of benzene rings is 1. The van der Waals surface area contributed by atoms with E-state index in [0.717, 1.165) is 40.2 Å². The number of aromatic nitrogens is 3. The Bertz CT molecular complexity index is 1250. The largest absolute Gasteiger partial charge is 0.379 e. The second-order valence-electron chi connectivity index (χ2n) is 10.5. The minimum atomic E-state index is -0.189. The first-order valence-electron chi connectivity index (χ1n) is 12.4. The van der Waals surface area contributed by atoms with E-state index >= 15 is 0 Å². The lowest BCUT2D eigenvalue weighted by atomic mass is 9.50. The van der Waals surface area contributed by atoms with E-state index in [1.807, 2.05) is 19.9 Å². The SMILES string of the molecule is CC[N+](CC)(C(C)=O)n1c(=O)n2ccnc2c2c(C3C4CC5CC(C4)CC3C5)cccc21. The van der Waals surface area contributed by atoms with Crippen LogP contribution in [0, 0.1) is 23.7 Å².